The summed E-state index contributed by atoms with van der Waals surface area (Å²) in [5.41, 5.74) is 0. The van der Waals surface area contributed by atoms with Gasteiger partial charge in [-0.2, -0.15) is 0 Å². The highest BCUT2D eigenvalue weighted by atomic mass is 32.2. The van der Waals surface area contributed by atoms with Crippen molar-refractivity contribution in [3.05, 3.63) is 6.07 Å². The number of nitrogens with zero attached hydrogens (tertiary/aromatic N) is 3. The quantitative estimate of drug-likeness (QED) is 0.655. The van der Waals surface area contributed by atoms with E-state index in [4.69, 9.17) is 0 Å². The highest BCUT2D eigenvalue weighted by molar-refractivity contribution is 7.98. The van der Waals surface area contributed by atoms with Gasteiger partial charge in [-0.05, 0) is 32.4 Å². The molecule has 2 heterocycles. The molecule has 0 amide bonds. The first-order valence-electron chi connectivity index (χ1n) is 6.72. The fourth-order valence-electron chi connectivity index (χ4n) is 2.48. The molecule has 18 heavy (non-hydrogen) atoms. The minimum atomic E-state index is 0.643. The van der Waals surface area contributed by atoms with Crippen LogP contribution in [0.1, 0.15) is 33.1 Å². The van der Waals surface area contributed by atoms with Crippen LogP contribution >= 0.6 is 11.8 Å². The number of nitrogens with one attached hydrogen (secondary N) is 1. The van der Waals surface area contributed by atoms with Crippen LogP contribution in [0.5, 0.6) is 0 Å². The molecule has 1 aliphatic heterocycles. The Morgan fingerprint density at radius 2 is 2.28 bits per heavy atom. The predicted molar refractivity (Wildman–Crippen MR) is 78.6 cm³/mol. The fourth-order valence-corrected chi connectivity index (χ4v) is 2.86. The Bertz CT molecular complexity index is 397. The molecule has 1 aliphatic rings. The molecular weight excluding hydrogens is 244 g/mol. The van der Waals surface area contributed by atoms with Crippen molar-refractivity contribution in [3.8, 4) is 0 Å². The Morgan fingerprint density at radius 1 is 1.44 bits per heavy atom. The maximum atomic E-state index is 4.65. The van der Waals surface area contributed by atoms with E-state index in [0.717, 1.165) is 29.9 Å². The molecule has 0 aromatic carbocycles. The van der Waals surface area contributed by atoms with E-state index in [0.29, 0.717) is 6.04 Å². The summed E-state index contributed by atoms with van der Waals surface area (Å²) in [6.45, 7) is 6.35. The summed E-state index contributed by atoms with van der Waals surface area (Å²) in [7, 11) is 0. The first-order chi connectivity index (χ1) is 8.78. The van der Waals surface area contributed by atoms with Crippen LogP contribution in [0.15, 0.2) is 11.2 Å². The second-order valence-corrected chi connectivity index (χ2v) is 5.30. The topological polar surface area (TPSA) is 41.0 Å². The van der Waals surface area contributed by atoms with Crippen molar-refractivity contribution in [1.29, 1.82) is 0 Å². The van der Waals surface area contributed by atoms with Crippen LogP contribution in [0.4, 0.5) is 11.6 Å². The standard InChI is InChI=1S/C13H22N4S/c1-4-10-7-6-8-17(10)12-9-11(14-5-2)15-13(16-12)18-3/h9-10H,4-8H2,1-3H3,(H,14,15,16). The monoisotopic (exact) mass is 266 g/mol. The second-order valence-electron chi connectivity index (χ2n) is 4.53. The lowest BCUT2D eigenvalue weighted by atomic mass is 10.2. The van der Waals surface area contributed by atoms with E-state index in [-0.39, 0.29) is 0 Å². The number of thioether (sulfide) groups is 1. The zero-order valence-corrected chi connectivity index (χ0v) is 12.3. The van der Waals surface area contributed by atoms with E-state index in [1.54, 1.807) is 11.8 Å². The lowest BCUT2D eigenvalue weighted by Crippen LogP contribution is -2.29. The van der Waals surface area contributed by atoms with Gasteiger partial charge in [-0.25, -0.2) is 9.97 Å². The maximum Gasteiger partial charge on any atom is 0.191 e. The lowest BCUT2D eigenvalue weighted by molar-refractivity contribution is 0.637. The van der Waals surface area contributed by atoms with Crippen LogP contribution in [0, 0.1) is 0 Å². The van der Waals surface area contributed by atoms with Crippen LogP contribution in [-0.2, 0) is 0 Å². The van der Waals surface area contributed by atoms with Gasteiger partial charge in [-0.15, -0.1) is 0 Å². The highest BCUT2D eigenvalue weighted by Gasteiger charge is 2.24. The molecule has 5 heteroatoms. The summed E-state index contributed by atoms with van der Waals surface area (Å²) in [5.74, 6) is 2.02. The number of anilines is 2. The van der Waals surface area contributed by atoms with Gasteiger partial charge in [-0.3, -0.25) is 0 Å². The van der Waals surface area contributed by atoms with Crippen molar-refractivity contribution < 1.29 is 0 Å². The zero-order chi connectivity index (χ0) is 13.0. The minimum absolute atomic E-state index is 0.643. The van der Waals surface area contributed by atoms with E-state index in [1.165, 1.54) is 19.3 Å². The smallest absolute Gasteiger partial charge is 0.191 e. The van der Waals surface area contributed by atoms with Gasteiger partial charge in [0.05, 0.1) is 0 Å². The Kier molecular flexibility index (Phi) is 4.69. The average molecular weight is 266 g/mol. The van der Waals surface area contributed by atoms with Gasteiger partial charge in [0.1, 0.15) is 11.6 Å². The molecule has 1 N–H and O–H groups in total. The fraction of sp³-hybridized carbons (Fsp3) is 0.692. The van der Waals surface area contributed by atoms with Crippen LogP contribution in [-0.4, -0.2) is 35.4 Å². The summed E-state index contributed by atoms with van der Waals surface area (Å²) in [6, 6.07) is 2.72. The van der Waals surface area contributed by atoms with Crippen molar-refractivity contribution in [2.75, 3.05) is 29.6 Å². The molecule has 100 valence electrons. The molecule has 0 bridgehead atoms. The Balaban J connectivity index is 2.27. The minimum Gasteiger partial charge on any atom is -0.370 e. The summed E-state index contributed by atoms with van der Waals surface area (Å²) >= 11 is 1.60. The Hall–Kier alpha value is -0.970. The van der Waals surface area contributed by atoms with Gasteiger partial charge < -0.3 is 10.2 Å². The van der Waals surface area contributed by atoms with Crippen molar-refractivity contribution in [1.82, 2.24) is 9.97 Å². The van der Waals surface area contributed by atoms with Crippen LogP contribution in [0.25, 0.3) is 0 Å². The maximum absolute atomic E-state index is 4.65. The second kappa shape index (κ2) is 6.27. The van der Waals surface area contributed by atoms with Crippen LogP contribution in [0.2, 0.25) is 0 Å². The summed E-state index contributed by atoms with van der Waals surface area (Å²) in [5, 5.41) is 4.14. The third kappa shape index (κ3) is 2.88. The molecule has 0 spiro atoms. The van der Waals surface area contributed by atoms with Gasteiger partial charge in [0.25, 0.3) is 0 Å². The molecule has 0 aliphatic carbocycles. The number of hydrogen-bond acceptors (Lipinski definition) is 5. The van der Waals surface area contributed by atoms with Crippen molar-refractivity contribution >= 4 is 23.4 Å². The summed E-state index contributed by atoms with van der Waals surface area (Å²) in [4.78, 5) is 11.6. The third-order valence-electron chi connectivity index (χ3n) is 3.38. The molecule has 4 nitrogen and oxygen atoms in total. The van der Waals surface area contributed by atoms with E-state index in [1.807, 2.05) is 6.26 Å². The largest absolute Gasteiger partial charge is 0.370 e. The van der Waals surface area contributed by atoms with Gasteiger partial charge >= 0.3 is 0 Å². The average Bonchev–Trinajstić information content (AvgIpc) is 2.87. The molecule has 0 saturated carbocycles. The van der Waals surface area contributed by atoms with Crippen LogP contribution in [0.3, 0.4) is 0 Å². The summed E-state index contributed by atoms with van der Waals surface area (Å²) in [6.07, 6.45) is 5.77. The number of aromatic nitrogens is 2. The highest BCUT2D eigenvalue weighted by Crippen LogP contribution is 2.28. The first kappa shape index (κ1) is 13.5. The molecule has 1 saturated heterocycles. The molecule has 0 radical (unpaired) electrons. The van der Waals surface area contributed by atoms with E-state index in [9.17, 15) is 0 Å². The Morgan fingerprint density at radius 3 is 2.94 bits per heavy atom. The SMILES string of the molecule is CCNc1cc(N2CCCC2CC)nc(SC)n1. The van der Waals surface area contributed by atoms with Crippen molar-refractivity contribution in [2.24, 2.45) is 0 Å². The molecule has 1 aromatic rings. The first-order valence-corrected chi connectivity index (χ1v) is 7.94. The van der Waals surface area contributed by atoms with Gasteiger partial charge in [0, 0.05) is 25.2 Å². The van der Waals surface area contributed by atoms with E-state index in [2.05, 4.69) is 40.1 Å². The van der Waals surface area contributed by atoms with Crippen molar-refractivity contribution in [2.45, 2.75) is 44.3 Å². The molecular formula is C13H22N4S. The van der Waals surface area contributed by atoms with Crippen molar-refractivity contribution in [3.63, 3.8) is 0 Å². The normalized spacial score (nSPS) is 19.3. The lowest BCUT2D eigenvalue weighted by Gasteiger charge is -2.25. The predicted octanol–water partition coefficient (Wildman–Crippen LogP) is 3.01. The van der Waals surface area contributed by atoms with Crippen LogP contribution < -0.4 is 10.2 Å². The molecule has 1 fully saturated rings. The van der Waals surface area contributed by atoms with Gasteiger partial charge in [0.2, 0.25) is 0 Å². The number of hydrogen-bond donors (Lipinski definition) is 1. The molecule has 1 aromatic heterocycles. The molecule has 2 rings (SSSR count). The number of rotatable bonds is 5. The third-order valence-corrected chi connectivity index (χ3v) is 3.92. The molecule has 1 atom stereocenters. The van der Waals surface area contributed by atoms with Gasteiger partial charge in [-0.1, -0.05) is 18.7 Å². The molecule has 1 unspecified atom stereocenters. The zero-order valence-electron chi connectivity index (χ0n) is 11.4. The Labute approximate surface area is 114 Å². The van der Waals surface area contributed by atoms with Gasteiger partial charge in [0.15, 0.2) is 5.16 Å². The summed E-state index contributed by atoms with van der Waals surface area (Å²) < 4.78 is 0. The van der Waals surface area contributed by atoms with E-state index < -0.39 is 0 Å². The van der Waals surface area contributed by atoms with E-state index >= 15 is 0 Å².